The van der Waals surface area contributed by atoms with Crippen LogP contribution in [0.25, 0.3) is 10.9 Å². The third-order valence-corrected chi connectivity index (χ3v) is 9.06. The lowest BCUT2D eigenvalue weighted by Crippen LogP contribution is -2.40. The number of methoxy groups -OCH3 is 1. The molecule has 48 heavy (non-hydrogen) atoms. The molecular formula is C38H45N3O7. The summed E-state index contributed by atoms with van der Waals surface area (Å²) in [5.41, 5.74) is 2.64. The summed E-state index contributed by atoms with van der Waals surface area (Å²) in [6.45, 7) is 3.35. The van der Waals surface area contributed by atoms with Crippen LogP contribution < -0.4 is 11.2 Å². The van der Waals surface area contributed by atoms with Crippen molar-refractivity contribution in [3.8, 4) is 0 Å². The Morgan fingerprint density at radius 3 is 2.04 bits per heavy atom. The van der Waals surface area contributed by atoms with Gasteiger partial charge in [0.2, 0.25) is 0 Å². The molecule has 1 saturated heterocycles. The lowest BCUT2D eigenvalue weighted by molar-refractivity contribution is -0.140. The number of nitrogens with zero attached hydrogens (tertiary/aromatic N) is 3. The number of aryl methyl sites for hydroxylation is 1. The average Bonchev–Trinajstić information content (AvgIpc) is 3.11. The first-order valence-electron chi connectivity index (χ1n) is 16.9. The molecule has 4 aromatic rings. The van der Waals surface area contributed by atoms with E-state index in [0.717, 1.165) is 56.4 Å². The third-order valence-electron chi connectivity index (χ3n) is 9.06. The van der Waals surface area contributed by atoms with E-state index in [2.05, 4.69) is 29.2 Å². The summed E-state index contributed by atoms with van der Waals surface area (Å²) in [5.74, 6) is -1.33. The van der Waals surface area contributed by atoms with Crippen molar-refractivity contribution in [2.24, 2.45) is 0 Å². The van der Waals surface area contributed by atoms with Crippen molar-refractivity contribution in [3.63, 3.8) is 0 Å². The quantitative estimate of drug-likeness (QED) is 0.130. The van der Waals surface area contributed by atoms with Gasteiger partial charge in [0.05, 0.1) is 30.5 Å². The zero-order chi connectivity index (χ0) is 33.9. The summed E-state index contributed by atoms with van der Waals surface area (Å²) in [5, 5.41) is 9.36. The zero-order valence-corrected chi connectivity index (χ0v) is 27.6. The van der Waals surface area contributed by atoms with Gasteiger partial charge in [-0.05, 0) is 73.9 Å². The number of hydrogen-bond acceptors (Lipinski definition) is 7. The van der Waals surface area contributed by atoms with Gasteiger partial charge >= 0.3 is 17.6 Å². The maximum atomic E-state index is 13.6. The highest BCUT2D eigenvalue weighted by Gasteiger charge is 2.25. The SMILES string of the molecule is COC(=O)Cc1ccc2c(c1)c(=O)n(CCCCC(=O)O)c(=O)n2CCCCN1CCC(OC(c2ccccc2)c2ccccc2)CC1. The summed E-state index contributed by atoms with van der Waals surface area (Å²) in [7, 11) is 1.31. The summed E-state index contributed by atoms with van der Waals surface area (Å²) in [4.78, 5) is 52.3. The molecular weight excluding hydrogens is 610 g/mol. The lowest BCUT2D eigenvalue weighted by atomic mass is 10.00. The number of fused-ring (bicyclic) bond motifs is 1. The van der Waals surface area contributed by atoms with Gasteiger partial charge in [0.25, 0.3) is 5.56 Å². The second kappa shape index (κ2) is 17.0. The van der Waals surface area contributed by atoms with Crippen LogP contribution in [0.4, 0.5) is 0 Å². The van der Waals surface area contributed by atoms with Crippen molar-refractivity contribution >= 4 is 22.8 Å². The number of carboxylic acids is 1. The Morgan fingerprint density at radius 1 is 0.812 bits per heavy atom. The van der Waals surface area contributed by atoms with E-state index in [1.807, 2.05) is 36.4 Å². The molecule has 0 atom stereocenters. The molecule has 1 aliphatic rings. The maximum absolute atomic E-state index is 13.6. The number of aromatic nitrogens is 2. The van der Waals surface area contributed by atoms with Crippen LogP contribution >= 0.6 is 0 Å². The molecule has 1 aromatic heterocycles. The predicted molar refractivity (Wildman–Crippen MR) is 184 cm³/mol. The monoisotopic (exact) mass is 655 g/mol. The Labute approximate surface area is 280 Å². The van der Waals surface area contributed by atoms with E-state index in [1.54, 1.807) is 22.8 Å². The highest BCUT2D eigenvalue weighted by molar-refractivity contribution is 5.81. The van der Waals surface area contributed by atoms with E-state index in [4.69, 9.17) is 14.6 Å². The summed E-state index contributed by atoms with van der Waals surface area (Å²) < 4.78 is 14.3. The molecule has 0 amide bonds. The molecule has 1 aliphatic heterocycles. The van der Waals surface area contributed by atoms with Crippen LogP contribution in [0, 0.1) is 0 Å². The van der Waals surface area contributed by atoms with Gasteiger partial charge in [-0.2, -0.15) is 0 Å². The Kier molecular flexibility index (Phi) is 12.3. The first-order chi connectivity index (χ1) is 23.3. The molecule has 10 heteroatoms. The van der Waals surface area contributed by atoms with Gasteiger partial charge in [-0.15, -0.1) is 0 Å². The molecule has 0 bridgehead atoms. The molecule has 254 valence electrons. The first kappa shape index (κ1) is 34.8. The number of benzene rings is 3. The van der Waals surface area contributed by atoms with Crippen LogP contribution in [0.5, 0.6) is 0 Å². The number of carboxylic acid groups (broad SMARTS) is 1. The van der Waals surface area contributed by atoms with Gasteiger partial charge in [0.1, 0.15) is 6.10 Å². The number of unbranched alkanes of at least 4 members (excludes halogenated alkanes) is 2. The van der Waals surface area contributed by atoms with E-state index in [0.29, 0.717) is 35.9 Å². The second-order valence-electron chi connectivity index (χ2n) is 12.4. The fraction of sp³-hybridized carbons (Fsp3) is 0.421. The lowest BCUT2D eigenvalue weighted by Gasteiger charge is -2.34. The fourth-order valence-electron chi connectivity index (χ4n) is 6.45. The third kappa shape index (κ3) is 9.08. The van der Waals surface area contributed by atoms with Crippen molar-refractivity contribution in [1.82, 2.24) is 14.0 Å². The highest BCUT2D eigenvalue weighted by Crippen LogP contribution is 2.30. The number of esters is 1. The molecule has 3 aromatic carbocycles. The van der Waals surface area contributed by atoms with Gasteiger partial charge in [-0.3, -0.25) is 23.5 Å². The number of carbonyl (C=O) groups is 2. The van der Waals surface area contributed by atoms with Crippen LogP contribution in [-0.2, 0) is 38.6 Å². The predicted octanol–water partition coefficient (Wildman–Crippen LogP) is 5.18. The maximum Gasteiger partial charge on any atom is 0.331 e. The van der Waals surface area contributed by atoms with Crippen LogP contribution in [0.2, 0.25) is 0 Å². The van der Waals surface area contributed by atoms with Gasteiger partial charge in [-0.25, -0.2) is 4.79 Å². The van der Waals surface area contributed by atoms with Crippen molar-refractivity contribution in [2.45, 2.75) is 76.7 Å². The Balaban J connectivity index is 1.20. The molecule has 0 saturated carbocycles. The van der Waals surface area contributed by atoms with E-state index in [9.17, 15) is 19.2 Å². The Bertz CT molecular complexity index is 1740. The molecule has 1 N–H and O–H groups in total. The van der Waals surface area contributed by atoms with Crippen LogP contribution in [0.1, 0.15) is 67.7 Å². The molecule has 0 unspecified atom stereocenters. The van der Waals surface area contributed by atoms with Gasteiger partial charge in [0.15, 0.2) is 0 Å². The van der Waals surface area contributed by atoms with Crippen molar-refractivity contribution in [3.05, 3.63) is 116 Å². The van der Waals surface area contributed by atoms with Crippen molar-refractivity contribution in [2.75, 3.05) is 26.7 Å². The number of rotatable bonds is 16. The first-order valence-corrected chi connectivity index (χ1v) is 16.9. The smallest absolute Gasteiger partial charge is 0.331 e. The Hall–Kier alpha value is -4.54. The summed E-state index contributed by atoms with van der Waals surface area (Å²) in [6, 6.07) is 25.9. The standard InChI is InChI=1S/C38H45N3O7/c1-47-35(44)27-28-17-18-33-32(26-28)37(45)41(23-9-8-16-34(42)43)38(46)40(33)22-11-10-21-39-24-19-31(20-25-39)48-36(29-12-4-2-5-13-29)30-14-6-3-7-15-30/h2-7,12-15,17-18,26,31,36H,8-11,16,19-25,27H2,1H3,(H,42,43). The largest absolute Gasteiger partial charge is 0.481 e. The van der Waals surface area contributed by atoms with Crippen LogP contribution in [0.3, 0.4) is 0 Å². The molecule has 10 nitrogen and oxygen atoms in total. The number of hydrogen-bond donors (Lipinski definition) is 1. The van der Waals surface area contributed by atoms with E-state index in [-0.39, 0.29) is 31.6 Å². The minimum absolute atomic E-state index is 0.0184. The fourth-order valence-corrected chi connectivity index (χ4v) is 6.45. The van der Waals surface area contributed by atoms with Gasteiger partial charge in [-0.1, -0.05) is 66.7 Å². The number of aliphatic carboxylic acids is 1. The zero-order valence-electron chi connectivity index (χ0n) is 27.6. The Morgan fingerprint density at radius 2 is 1.42 bits per heavy atom. The topological polar surface area (TPSA) is 120 Å². The molecule has 0 radical (unpaired) electrons. The van der Waals surface area contributed by atoms with Crippen molar-refractivity contribution < 1.29 is 24.2 Å². The number of likely N-dealkylation sites (tertiary alicyclic amines) is 1. The minimum Gasteiger partial charge on any atom is -0.481 e. The van der Waals surface area contributed by atoms with Crippen molar-refractivity contribution in [1.29, 1.82) is 0 Å². The number of ether oxygens (including phenoxy) is 2. The van der Waals surface area contributed by atoms with E-state index in [1.165, 1.54) is 11.7 Å². The molecule has 2 heterocycles. The second-order valence-corrected chi connectivity index (χ2v) is 12.4. The normalized spacial score (nSPS) is 14.0. The van der Waals surface area contributed by atoms with Crippen LogP contribution in [-0.4, -0.2) is 63.9 Å². The molecule has 0 spiro atoms. The van der Waals surface area contributed by atoms with Gasteiger partial charge in [0, 0.05) is 32.6 Å². The van der Waals surface area contributed by atoms with Crippen LogP contribution in [0.15, 0.2) is 88.5 Å². The molecule has 0 aliphatic carbocycles. The highest BCUT2D eigenvalue weighted by atomic mass is 16.5. The minimum atomic E-state index is -0.911. The van der Waals surface area contributed by atoms with E-state index < -0.39 is 23.2 Å². The summed E-state index contributed by atoms with van der Waals surface area (Å²) >= 11 is 0. The van der Waals surface area contributed by atoms with Gasteiger partial charge < -0.3 is 19.5 Å². The average molecular weight is 656 g/mol. The summed E-state index contributed by atoms with van der Waals surface area (Å²) in [6.07, 6.45) is 4.33. The number of carbonyl (C=O) groups excluding carboxylic acids is 1. The number of piperidine rings is 1. The van der Waals surface area contributed by atoms with E-state index >= 15 is 0 Å². The molecule has 5 rings (SSSR count). The molecule has 1 fully saturated rings.